The van der Waals surface area contributed by atoms with Gasteiger partial charge < -0.3 is 10.1 Å². The fourth-order valence-corrected chi connectivity index (χ4v) is 4.17. The van der Waals surface area contributed by atoms with Gasteiger partial charge in [-0.25, -0.2) is 4.98 Å². The quantitative estimate of drug-likeness (QED) is 0.471. The van der Waals surface area contributed by atoms with Crippen molar-refractivity contribution in [2.45, 2.75) is 57.9 Å². The minimum absolute atomic E-state index is 0.0617. The minimum atomic E-state index is -0.126. The average molecular weight is 389 g/mol. The summed E-state index contributed by atoms with van der Waals surface area (Å²) in [5.41, 5.74) is 3.79. The number of aromatic nitrogens is 2. The fourth-order valence-electron chi connectivity index (χ4n) is 4.17. The number of carbonyl (C=O) groups is 1. The molecule has 150 valence electrons. The molecule has 2 aromatic heterocycles. The maximum Gasteiger partial charge on any atom is 0.314 e. The van der Waals surface area contributed by atoms with E-state index in [1.165, 1.54) is 37.7 Å². The van der Waals surface area contributed by atoms with E-state index in [-0.39, 0.29) is 11.9 Å². The second-order valence-electron chi connectivity index (χ2n) is 8.41. The number of pyridine rings is 1. The molecule has 5 heteroatoms. The lowest BCUT2D eigenvalue weighted by Crippen LogP contribution is -2.23. The summed E-state index contributed by atoms with van der Waals surface area (Å²) in [5, 5.41) is 3.77. The third-order valence-electron chi connectivity index (χ3n) is 5.99. The molecule has 2 aliphatic carbocycles. The molecule has 2 fully saturated rings. The van der Waals surface area contributed by atoms with Crippen LogP contribution in [0.25, 0.3) is 16.9 Å². The molecule has 0 saturated heterocycles. The Bertz CT molecular complexity index is 1050. The van der Waals surface area contributed by atoms with Crippen LogP contribution in [0, 0.1) is 12.8 Å². The van der Waals surface area contributed by atoms with Crippen LogP contribution in [0.15, 0.2) is 42.6 Å². The van der Waals surface area contributed by atoms with Crippen LogP contribution >= 0.6 is 0 Å². The monoisotopic (exact) mass is 389 g/mol. The maximum atomic E-state index is 12.3. The molecule has 1 N–H and O–H groups in total. The van der Waals surface area contributed by atoms with E-state index >= 15 is 0 Å². The summed E-state index contributed by atoms with van der Waals surface area (Å²) in [6, 6.07) is 12.4. The largest absolute Gasteiger partial charge is 0.426 e. The molecular weight excluding hydrogens is 362 g/mol. The van der Waals surface area contributed by atoms with E-state index in [0.29, 0.717) is 11.8 Å². The number of rotatable bonds is 5. The SMILES string of the molecule is Cc1ccn2c(NC3CCCCC3)c(-c3ccccc3OC(=O)C3CC3)nc2c1. The zero-order chi connectivity index (χ0) is 19.8. The number of carbonyl (C=O) groups excluding carboxylic acids is 1. The molecular formula is C24H27N3O2. The first kappa shape index (κ1) is 18.2. The third-order valence-corrected chi connectivity index (χ3v) is 5.99. The Balaban J connectivity index is 1.58. The Morgan fingerprint density at radius 2 is 1.90 bits per heavy atom. The molecule has 0 spiro atoms. The topological polar surface area (TPSA) is 55.6 Å². The lowest BCUT2D eigenvalue weighted by molar-refractivity contribution is -0.135. The van der Waals surface area contributed by atoms with Crippen LogP contribution in [0.2, 0.25) is 0 Å². The molecule has 29 heavy (non-hydrogen) atoms. The lowest BCUT2D eigenvalue weighted by Gasteiger charge is -2.24. The van der Waals surface area contributed by atoms with Crippen LogP contribution in [0.3, 0.4) is 0 Å². The molecule has 2 saturated carbocycles. The molecule has 0 unspecified atom stereocenters. The fraction of sp³-hybridized carbons (Fsp3) is 0.417. The number of hydrogen-bond donors (Lipinski definition) is 1. The van der Waals surface area contributed by atoms with Gasteiger partial charge in [0.1, 0.15) is 22.9 Å². The smallest absolute Gasteiger partial charge is 0.314 e. The van der Waals surface area contributed by atoms with Gasteiger partial charge in [-0.15, -0.1) is 0 Å². The van der Waals surface area contributed by atoms with Crippen molar-refractivity contribution in [1.29, 1.82) is 0 Å². The van der Waals surface area contributed by atoms with Crippen LogP contribution in [0.4, 0.5) is 5.82 Å². The van der Waals surface area contributed by atoms with Crippen LogP contribution < -0.4 is 10.1 Å². The highest BCUT2D eigenvalue weighted by Gasteiger charge is 2.32. The Morgan fingerprint density at radius 1 is 1.10 bits per heavy atom. The van der Waals surface area contributed by atoms with Gasteiger partial charge in [0.2, 0.25) is 0 Å². The van der Waals surface area contributed by atoms with Crippen molar-refractivity contribution in [3.05, 3.63) is 48.2 Å². The normalized spacial score (nSPS) is 17.4. The molecule has 2 heterocycles. The van der Waals surface area contributed by atoms with Crippen LogP contribution in [0.5, 0.6) is 5.75 Å². The van der Waals surface area contributed by atoms with Crippen LogP contribution in [-0.4, -0.2) is 21.4 Å². The van der Waals surface area contributed by atoms with Gasteiger partial charge >= 0.3 is 5.97 Å². The molecule has 0 radical (unpaired) electrons. The molecule has 2 aliphatic rings. The highest BCUT2D eigenvalue weighted by Crippen LogP contribution is 2.38. The lowest BCUT2D eigenvalue weighted by atomic mass is 9.95. The standard InChI is InChI=1S/C24H27N3O2/c1-16-13-14-27-21(15-16)26-22(23(27)25-18-7-3-2-4-8-18)19-9-5-6-10-20(19)29-24(28)17-11-12-17/h5-6,9-10,13-15,17-18,25H,2-4,7-8,11-12H2,1H3. The van der Waals surface area contributed by atoms with E-state index in [1.807, 2.05) is 24.3 Å². The summed E-state index contributed by atoms with van der Waals surface area (Å²) >= 11 is 0. The summed E-state index contributed by atoms with van der Waals surface area (Å²) < 4.78 is 7.89. The Kier molecular flexibility index (Phi) is 4.74. The molecule has 0 atom stereocenters. The number of nitrogens with zero attached hydrogens (tertiary/aromatic N) is 2. The number of anilines is 1. The Morgan fingerprint density at radius 3 is 2.69 bits per heavy atom. The number of nitrogens with one attached hydrogen (secondary N) is 1. The second-order valence-corrected chi connectivity index (χ2v) is 8.41. The first-order valence-electron chi connectivity index (χ1n) is 10.8. The van der Waals surface area contributed by atoms with E-state index in [4.69, 9.17) is 9.72 Å². The van der Waals surface area contributed by atoms with Gasteiger partial charge in [0.15, 0.2) is 0 Å². The number of esters is 1. The first-order valence-corrected chi connectivity index (χ1v) is 10.8. The number of benzene rings is 1. The summed E-state index contributed by atoms with van der Waals surface area (Å²) in [6.07, 6.45) is 10.1. The van der Waals surface area contributed by atoms with Gasteiger partial charge in [0.05, 0.1) is 5.92 Å². The van der Waals surface area contributed by atoms with Gasteiger partial charge in [-0.05, 0) is 62.4 Å². The summed E-state index contributed by atoms with van der Waals surface area (Å²) in [6.45, 7) is 2.08. The van der Waals surface area contributed by atoms with Gasteiger partial charge in [0, 0.05) is 17.8 Å². The highest BCUT2D eigenvalue weighted by molar-refractivity contribution is 5.84. The number of aryl methyl sites for hydroxylation is 1. The number of fused-ring (bicyclic) bond motifs is 1. The van der Waals surface area contributed by atoms with Crippen molar-refractivity contribution in [3.8, 4) is 17.0 Å². The number of ether oxygens (including phenoxy) is 1. The van der Waals surface area contributed by atoms with Gasteiger partial charge in [0.25, 0.3) is 0 Å². The number of hydrogen-bond acceptors (Lipinski definition) is 4. The van der Waals surface area contributed by atoms with Crippen molar-refractivity contribution in [3.63, 3.8) is 0 Å². The first-order chi connectivity index (χ1) is 14.2. The third kappa shape index (κ3) is 3.74. The summed E-state index contributed by atoms with van der Waals surface area (Å²) in [4.78, 5) is 17.3. The molecule has 3 aromatic rings. The molecule has 0 bridgehead atoms. The van der Waals surface area contributed by atoms with Crippen molar-refractivity contribution in [2.75, 3.05) is 5.32 Å². The zero-order valence-corrected chi connectivity index (χ0v) is 16.9. The van der Waals surface area contributed by atoms with Gasteiger partial charge in [-0.3, -0.25) is 9.20 Å². The predicted molar refractivity (Wildman–Crippen MR) is 114 cm³/mol. The number of para-hydroxylation sites is 1. The minimum Gasteiger partial charge on any atom is -0.426 e. The molecule has 5 nitrogen and oxygen atoms in total. The Hall–Kier alpha value is -2.82. The van der Waals surface area contributed by atoms with Crippen molar-refractivity contribution >= 4 is 17.4 Å². The van der Waals surface area contributed by atoms with Crippen molar-refractivity contribution in [2.24, 2.45) is 5.92 Å². The van der Waals surface area contributed by atoms with E-state index in [0.717, 1.165) is 35.6 Å². The molecule has 0 aliphatic heterocycles. The molecule has 0 amide bonds. The molecule has 5 rings (SSSR count). The average Bonchev–Trinajstić information content (AvgIpc) is 3.53. The second kappa shape index (κ2) is 7.54. The van der Waals surface area contributed by atoms with E-state index in [9.17, 15) is 4.79 Å². The van der Waals surface area contributed by atoms with Crippen molar-refractivity contribution < 1.29 is 9.53 Å². The molecule has 1 aromatic carbocycles. The van der Waals surface area contributed by atoms with E-state index < -0.39 is 0 Å². The summed E-state index contributed by atoms with van der Waals surface area (Å²) in [5.74, 6) is 1.52. The highest BCUT2D eigenvalue weighted by atomic mass is 16.5. The maximum absolute atomic E-state index is 12.3. The summed E-state index contributed by atoms with van der Waals surface area (Å²) in [7, 11) is 0. The predicted octanol–water partition coefficient (Wildman–Crippen LogP) is 5.37. The van der Waals surface area contributed by atoms with Crippen LogP contribution in [0.1, 0.15) is 50.5 Å². The van der Waals surface area contributed by atoms with Crippen LogP contribution in [-0.2, 0) is 4.79 Å². The van der Waals surface area contributed by atoms with E-state index in [2.05, 4.69) is 35.0 Å². The van der Waals surface area contributed by atoms with Gasteiger partial charge in [-0.2, -0.15) is 0 Å². The Labute approximate surface area is 171 Å². The number of imidazole rings is 1. The van der Waals surface area contributed by atoms with Gasteiger partial charge in [-0.1, -0.05) is 31.4 Å². The zero-order valence-electron chi connectivity index (χ0n) is 16.9. The van der Waals surface area contributed by atoms with E-state index in [1.54, 1.807) is 0 Å². The van der Waals surface area contributed by atoms with Crippen molar-refractivity contribution in [1.82, 2.24) is 9.38 Å².